The number of nitrogens with one attached hydrogen (secondary N) is 2. The molecule has 5 heteroatoms. The summed E-state index contributed by atoms with van der Waals surface area (Å²) in [5, 5.41) is 6.59. The molecule has 22 heavy (non-hydrogen) atoms. The topological polar surface area (TPSA) is 67.4 Å². The molecule has 3 rings (SSSR count). The highest BCUT2D eigenvalue weighted by Crippen LogP contribution is 2.40. The van der Waals surface area contributed by atoms with Gasteiger partial charge in [0.1, 0.15) is 5.66 Å². The Morgan fingerprint density at radius 1 is 1.36 bits per heavy atom. The minimum Gasteiger partial charge on any atom is -0.466 e. The normalized spacial score (nSPS) is 30.2. The van der Waals surface area contributed by atoms with Crippen LogP contribution in [-0.4, -0.2) is 24.1 Å². The quantitative estimate of drug-likeness (QED) is 0.824. The minimum atomic E-state index is -0.451. The lowest BCUT2D eigenvalue weighted by atomic mass is 9.73. The molecule has 2 N–H and O–H groups in total. The van der Waals surface area contributed by atoms with E-state index in [2.05, 4.69) is 17.6 Å². The number of hydrogen-bond acceptors (Lipinski definition) is 4. The third kappa shape index (κ3) is 2.56. The maximum Gasteiger partial charge on any atom is 0.309 e. The van der Waals surface area contributed by atoms with E-state index in [0.717, 1.165) is 24.9 Å². The van der Waals surface area contributed by atoms with E-state index in [1.54, 1.807) is 0 Å². The minimum absolute atomic E-state index is 0.0452. The molecular formula is C17H22N2O3. The Labute approximate surface area is 130 Å². The zero-order valence-corrected chi connectivity index (χ0v) is 13.0. The molecule has 3 atom stereocenters. The molecule has 2 aliphatic rings. The summed E-state index contributed by atoms with van der Waals surface area (Å²) in [4.78, 5) is 24.4. The third-order valence-electron chi connectivity index (χ3n) is 4.73. The highest BCUT2D eigenvalue weighted by Gasteiger charge is 2.45. The van der Waals surface area contributed by atoms with Crippen LogP contribution in [-0.2, 0) is 9.53 Å². The highest BCUT2D eigenvalue weighted by molar-refractivity contribution is 6.02. The van der Waals surface area contributed by atoms with Crippen LogP contribution in [0.15, 0.2) is 24.3 Å². The first-order chi connectivity index (χ1) is 10.5. The van der Waals surface area contributed by atoms with E-state index in [1.807, 2.05) is 31.2 Å². The van der Waals surface area contributed by atoms with Crippen molar-refractivity contribution in [1.82, 2.24) is 5.32 Å². The van der Waals surface area contributed by atoms with Gasteiger partial charge in [0, 0.05) is 5.69 Å². The molecule has 1 amide bonds. The molecule has 1 aliphatic heterocycles. The fourth-order valence-electron chi connectivity index (χ4n) is 3.67. The van der Waals surface area contributed by atoms with Gasteiger partial charge < -0.3 is 15.4 Å². The van der Waals surface area contributed by atoms with Crippen molar-refractivity contribution in [3.8, 4) is 0 Å². The Morgan fingerprint density at radius 3 is 2.86 bits per heavy atom. The van der Waals surface area contributed by atoms with Gasteiger partial charge >= 0.3 is 5.97 Å². The number of amides is 1. The van der Waals surface area contributed by atoms with Gasteiger partial charge in [-0.1, -0.05) is 19.1 Å². The van der Waals surface area contributed by atoms with E-state index < -0.39 is 5.66 Å². The average molecular weight is 302 g/mol. The second-order valence-corrected chi connectivity index (χ2v) is 6.29. The van der Waals surface area contributed by atoms with Gasteiger partial charge in [-0.3, -0.25) is 9.59 Å². The molecule has 0 aromatic heterocycles. The van der Waals surface area contributed by atoms with Gasteiger partial charge in [0.25, 0.3) is 5.91 Å². The van der Waals surface area contributed by atoms with E-state index in [0.29, 0.717) is 12.2 Å². The Bertz CT molecular complexity index is 601. The number of rotatable bonds is 2. The number of benzene rings is 1. The van der Waals surface area contributed by atoms with Crippen LogP contribution in [0.5, 0.6) is 0 Å². The number of carbonyl (C=O) groups is 2. The molecule has 1 aromatic carbocycles. The van der Waals surface area contributed by atoms with Gasteiger partial charge in [-0.15, -0.1) is 0 Å². The van der Waals surface area contributed by atoms with E-state index in [1.165, 1.54) is 0 Å². The largest absolute Gasteiger partial charge is 0.466 e. The molecule has 1 fully saturated rings. The lowest BCUT2D eigenvalue weighted by molar-refractivity contribution is -0.151. The molecule has 118 valence electrons. The standard InChI is InChI=1S/C17H22N2O3/c1-3-22-16(21)12-8-9-17(10-11(12)2)18-14-7-5-4-6-13(14)15(20)19-17/h4-7,11-12,18H,3,8-10H2,1-2H3,(H,19,20)/t11-,12-,17-/m0/s1. The van der Waals surface area contributed by atoms with Crippen molar-refractivity contribution in [2.24, 2.45) is 11.8 Å². The molecule has 0 saturated heterocycles. The van der Waals surface area contributed by atoms with E-state index in [4.69, 9.17) is 4.74 Å². The second-order valence-electron chi connectivity index (χ2n) is 6.29. The van der Waals surface area contributed by atoms with Gasteiger partial charge in [0.15, 0.2) is 0 Å². The molecule has 1 heterocycles. The third-order valence-corrected chi connectivity index (χ3v) is 4.73. The number of ether oxygens (including phenoxy) is 1. The Kier molecular flexibility index (Phi) is 3.81. The number of hydrogen-bond donors (Lipinski definition) is 2. The second kappa shape index (κ2) is 5.63. The Hall–Kier alpha value is -2.04. The average Bonchev–Trinajstić information content (AvgIpc) is 2.47. The summed E-state index contributed by atoms with van der Waals surface area (Å²) < 4.78 is 5.16. The lowest BCUT2D eigenvalue weighted by Crippen LogP contribution is -2.60. The van der Waals surface area contributed by atoms with Crippen LogP contribution in [0.2, 0.25) is 0 Å². The van der Waals surface area contributed by atoms with E-state index >= 15 is 0 Å². The fraction of sp³-hybridized carbons (Fsp3) is 0.529. The van der Waals surface area contributed by atoms with Crippen LogP contribution in [0.25, 0.3) is 0 Å². The van der Waals surface area contributed by atoms with Crippen molar-refractivity contribution in [3.05, 3.63) is 29.8 Å². The summed E-state index contributed by atoms with van der Waals surface area (Å²) in [5.74, 6) is -0.0872. The van der Waals surface area contributed by atoms with Crippen LogP contribution in [0.3, 0.4) is 0 Å². The molecule has 1 spiro atoms. The van der Waals surface area contributed by atoms with Crippen molar-refractivity contribution >= 4 is 17.6 Å². The van der Waals surface area contributed by atoms with Crippen molar-refractivity contribution in [2.75, 3.05) is 11.9 Å². The number of carbonyl (C=O) groups excluding carboxylic acids is 2. The highest BCUT2D eigenvalue weighted by atomic mass is 16.5. The number of anilines is 1. The number of esters is 1. The lowest BCUT2D eigenvalue weighted by Gasteiger charge is -2.46. The molecule has 0 unspecified atom stereocenters. The summed E-state index contributed by atoms with van der Waals surface area (Å²) in [7, 11) is 0. The predicted molar refractivity (Wildman–Crippen MR) is 83.4 cm³/mol. The van der Waals surface area contributed by atoms with Gasteiger partial charge in [0.05, 0.1) is 18.1 Å². The summed E-state index contributed by atoms with van der Waals surface area (Å²) >= 11 is 0. The first kappa shape index (κ1) is 14.9. The number of para-hydroxylation sites is 1. The molecule has 1 aliphatic carbocycles. The molecule has 5 nitrogen and oxygen atoms in total. The number of fused-ring (bicyclic) bond motifs is 1. The van der Waals surface area contributed by atoms with E-state index in [9.17, 15) is 9.59 Å². The first-order valence-electron chi connectivity index (χ1n) is 7.91. The molecule has 0 bridgehead atoms. The first-order valence-corrected chi connectivity index (χ1v) is 7.91. The van der Waals surface area contributed by atoms with Gasteiger partial charge in [-0.2, -0.15) is 0 Å². The van der Waals surface area contributed by atoms with Crippen molar-refractivity contribution < 1.29 is 14.3 Å². The molecular weight excluding hydrogens is 280 g/mol. The van der Waals surface area contributed by atoms with Crippen LogP contribution < -0.4 is 10.6 Å². The maximum absolute atomic E-state index is 12.3. The molecule has 1 aromatic rings. The van der Waals surface area contributed by atoms with Crippen molar-refractivity contribution in [1.29, 1.82) is 0 Å². The summed E-state index contributed by atoms with van der Waals surface area (Å²) in [6, 6.07) is 7.53. The molecule has 0 radical (unpaired) electrons. The van der Waals surface area contributed by atoms with Gasteiger partial charge in [0.2, 0.25) is 0 Å². The van der Waals surface area contributed by atoms with Gasteiger partial charge in [-0.25, -0.2) is 0 Å². The van der Waals surface area contributed by atoms with Crippen molar-refractivity contribution in [3.63, 3.8) is 0 Å². The Morgan fingerprint density at radius 2 is 2.14 bits per heavy atom. The van der Waals surface area contributed by atoms with Crippen molar-refractivity contribution in [2.45, 2.75) is 38.8 Å². The molecule has 1 saturated carbocycles. The van der Waals surface area contributed by atoms with Crippen LogP contribution in [0.4, 0.5) is 5.69 Å². The van der Waals surface area contributed by atoms with Crippen LogP contribution in [0.1, 0.15) is 43.5 Å². The van der Waals surface area contributed by atoms with Gasteiger partial charge in [-0.05, 0) is 44.2 Å². The monoisotopic (exact) mass is 302 g/mol. The zero-order valence-electron chi connectivity index (χ0n) is 13.0. The SMILES string of the molecule is CCOC(=O)[C@H]1CC[C@@]2(C[C@@H]1C)NC(=O)c1ccccc1N2. The summed E-state index contributed by atoms with van der Waals surface area (Å²) in [6.07, 6.45) is 2.16. The predicted octanol–water partition coefficient (Wildman–Crippen LogP) is 2.54. The maximum atomic E-state index is 12.3. The van der Waals surface area contributed by atoms with Crippen LogP contribution >= 0.6 is 0 Å². The van der Waals surface area contributed by atoms with Crippen LogP contribution in [0, 0.1) is 11.8 Å². The zero-order chi connectivity index (χ0) is 15.7. The Balaban J connectivity index is 1.78. The summed E-state index contributed by atoms with van der Waals surface area (Å²) in [5.41, 5.74) is 1.09. The fourth-order valence-corrected chi connectivity index (χ4v) is 3.67. The summed E-state index contributed by atoms with van der Waals surface area (Å²) in [6.45, 7) is 4.29. The smallest absolute Gasteiger partial charge is 0.309 e. The van der Waals surface area contributed by atoms with E-state index in [-0.39, 0.29) is 23.7 Å².